The summed E-state index contributed by atoms with van der Waals surface area (Å²) in [6.45, 7) is 7.19. The van der Waals surface area contributed by atoms with Crippen LogP contribution in [0.3, 0.4) is 0 Å². The third-order valence-electron chi connectivity index (χ3n) is 8.40. The number of halogens is 1. The molecule has 0 aliphatic carbocycles. The molecule has 2 aromatic carbocycles. The van der Waals surface area contributed by atoms with E-state index in [4.69, 9.17) is 0 Å². The molecule has 3 aliphatic heterocycles. The van der Waals surface area contributed by atoms with E-state index in [0.29, 0.717) is 17.8 Å². The Bertz CT molecular complexity index is 1230. The van der Waals surface area contributed by atoms with E-state index in [1.54, 1.807) is 12.1 Å². The topological polar surface area (TPSA) is 42.6 Å². The smallest absolute Gasteiger partial charge is 0.270 e. The standard InChI is InChI=1S/C29H35FN4O/c1-20-4-5-21-19-27(31-26(21)17-20)29(35)34-12-2-3-24(34)9-13-32-14-10-25(11-15-32)33-16-8-22-18-23(30)6-7-28(22)33/h4-7,17-19,24-25,31H,2-3,8-16H2,1H3. The number of piperidine rings is 1. The molecular formula is C29H35FN4O. The highest BCUT2D eigenvalue weighted by atomic mass is 19.1. The minimum Gasteiger partial charge on any atom is -0.368 e. The van der Waals surface area contributed by atoms with Crippen molar-refractivity contribution in [2.45, 2.75) is 57.5 Å². The molecule has 0 saturated carbocycles. The second-order valence-corrected chi connectivity index (χ2v) is 10.6. The van der Waals surface area contributed by atoms with E-state index in [1.165, 1.54) is 11.3 Å². The summed E-state index contributed by atoms with van der Waals surface area (Å²) < 4.78 is 13.6. The van der Waals surface area contributed by atoms with Crippen molar-refractivity contribution in [2.75, 3.05) is 37.6 Å². The van der Waals surface area contributed by atoms with E-state index in [2.05, 4.69) is 44.8 Å². The Hall–Kier alpha value is -2.86. The van der Waals surface area contributed by atoms with Gasteiger partial charge in [-0.1, -0.05) is 12.1 Å². The van der Waals surface area contributed by atoms with E-state index in [9.17, 15) is 9.18 Å². The highest BCUT2D eigenvalue weighted by molar-refractivity contribution is 5.98. The summed E-state index contributed by atoms with van der Waals surface area (Å²) >= 11 is 0. The number of likely N-dealkylation sites (tertiary alicyclic amines) is 2. The van der Waals surface area contributed by atoms with Crippen molar-refractivity contribution in [1.29, 1.82) is 0 Å². The molecule has 1 aromatic heterocycles. The molecule has 35 heavy (non-hydrogen) atoms. The summed E-state index contributed by atoms with van der Waals surface area (Å²) in [5.74, 6) is 0.0173. The van der Waals surface area contributed by atoms with E-state index in [-0.39, 0.29) is 11.7 Å². The molecule has 3 aromatic rings. The van der Waals surface area contributed by atoms with Gasteiger partial charge in [0, 0.05) is 61.4 Å². The molecule has 0 radical (unpaired) electrons. The van der Waals surface area contributed by atoms with Gasteiger partial charge >= 0.3 is 0 Å². The van der Waals surface area contributed by atoms with Crippen molar-refractivity contribution in [2.24, 2.45) is 0 Å². The number of nitrogens with zero attached hydrogens (tertiary/aromatic N) is 3. The van der Waals surface area contributed by atoms with Crippen molar-refractivity contribution in [3.05, 3.63) is 65.1 Å². The van der Waals surface area contributed by atoms with Crippen LogP contribution in [0.4, 0.5) is 10.1 Å². The largest absolute Gasteiger partial charge is 0.368 e. The van der Waals surface area contributed by atoms with Gasteiger partial charge in [-0.2, -0.15) is 0 Å². The first-order chi connectivity index (χ1) is 17.0. The van der Waals surface area contributed by atoms with Crippen LogP contribution in [0.5, 0.6) is 0 Å². The molecule has 184 valence electrons. The number of nitrogens with one attached hydrogen (secondary N) is 1. The lowest BCUT2D eigenvalue weighted by Crippen LogP contribution is -2.45. The maximum atomic E-state index is 13.6. The first-order valence-electron chi connectivity index (χ1n) is 13.2. The van der Waals surface area contributed by atoms with Gasteiger partial charge in [0.25, 0.3) is 5.91 Å². The normalized spacial score (nSPS) is 21.3. The Kier molecular flexibility index (Phi) is 6.01. The van der Waals surface area contributed by atoms with Crippen LogP contribution >= 0.6 is 0 Å². The number of benzene rings is 2. The summed E-state index contributed by atoms with van der Waals surface area (Å²) in [6, 6.07) is 14.4. The van der Waals surface area contributed by atoms with Gasteiger partial charge in [0.05, 0.1) is 0 Å². The lowest BCUT2D eigenvalue weighted by molar-refractivity contribution is 0.0712. The highest BCUT2D eigenvalue weighted by Crippen LogP contribution is 2.33. The Morgan fingerprint density at radius 1 is 1.03 bits per heavy atom. The van der Waals surface area contributed by atoms with Gasteiger partial charge < -0.3 is 19.7 Å². The SMILES string of the molecule is Cc1ccc2cc(C(=O)N3CCCC3CCN3CCC(N4CCc5cc(F)ccc54)CC3)[nH]c2c1. The third-order valence-corrected chi connectivity index (χ3v) is 8.40. The summed E-state index contributed by atoms with van der Waals surface area (Å²) in [5, 5.41) is 1.10. The van der Waals surface area contributed by atoms with Gasteiger partial charge in [-0.3, -0.25) is 4.79 Å². The van der Waals surface area contributed by atoms with Crippen LogP contribution in [0.1, 0.15) is 53.7 Å². The Balaban J connectivity index is 1.03. The summed E-state index contributed by atoms with van der Waals surface area (Å²) in [7, 11) is 0. The first-order valence-corrected chi connectivity index (χ1v) is 13.2. The van der Waals surface area contributed by atoms with Crippen LogP contribution in [0, 0.1) is 12.7 Å². The van der Waals surface area contributed by atoms with Gasteiger partial charge in [0.2, 0.25) is 0 Å². The van der Waals surface area contributed by atoms with Crippen LogP contribution in [-0.2, 0) is 6.42 Å². The van der Waals surface area contributed by atoms with Gasteiger partial charge in [0.1, 0.15) is 11.5 Å². The van der Waals surface area contributed by atoms with Crippen LogP contribution in [0.25, 0.3) is 10.9 Å². The first kappa shape index (κ1) is 22.6. The van der Waals surface area contributed by atoms with Crippen molar-refractivity contribution in [3.8, 4) is 0 Å². The summed E-state index contributed by atoms with van der Waals surface area (Å²) in [5.41, 5.74) is 5.34. The number of carbonyl (C=O) groups is 1. The molecule has 6 heteroatoms. The lowest BCUT2D eigenvalue weighted by atomic mass is 10.0. The van der Waals surface area contributed by atoms with Gasteiger partial charge in [-0.15, -0.1) is 0 Å². The molecular weight excluding hydrogens is 439 g/mol. The number of aryl methyl sites for hydroxylation is 1. The number of hydrogen-bond donors (Lipinski definition) is 1. The molecule has 2 saturated heterocycles. The van der Waals surface area contributed by atoms with Crippen LogP contribution < -0.4 is 4.90 Å². The van der Waals surface area contributed by atoms with Crippen molar-refractivity contribution in [1.82, 2.24) is 14.8 Å². The van der Waals surface area contributed by atoms with Crippen molar-refractivity contribution in [3.63, 3.8) is 0 Å². The maximum Gasteiger partial charge on any atom is 0.270 e. The van der Waals surface area contributed by atoms with E-state index >= 15 is 0 Å². The number of H-pyrrole nitrogens is 1. The van der Waals surface area contributed by atoms with Crippen LogP contribution in [0.15, 0.2) is 42.5 Å². The van der Waals surface area contributed by atoms with Gasteiger partial charge in [-0.05, 0) is 86.9 Å². The number of amides is 1. The molecule has 5 nitrogen and oxygen atoms in total. The monoisotopic (exact) mass is 474 g/mol. The summed E-state index contributed by atoms with van der Waals surface area (Å²) in [6.07, 6.45) is 6.49. The predicted octanol–water partition coefficient (Wildman–Crippen LogP) is 5.14. The zero-order valence-electron chi connectivity index (χ0n) is 20.6. The average molecular weight is 475 g/mol. The molecule has 0 bridgehead atoms. The minimum absolute atomic E-state index is 0.125. The molecule has 3 aliphatic rings. The maximum absolute atomic E-state index is 13.6. The quantitative estimate of drug-likeness (QED) is 0.557. The molecule has 1 N–H and O–H groups in total. The zero-order valence-corrected chi connectivity index (χ0v) is 20.6. The van der Waals surface area contributed by atoms with Crippen molar-refractivity contribution >= 4 is 22.5 Å². The van der Waals surface area contributed by atoms with Crippen molar-refractivity contribution < 1.29 is 9.18 Å². The summed E-state index contributed by atoms with van der Waals surface area (Å²) in [4.78, 5) is 23.9. The lowest BCUT2D eigenvalue weighted by Gasteiger charge is -2.38. The zero-order chi connectivity index (χ0) is 23.9. The van der Waals surface area contributed by atoms with E-state index in [0.717, 1.165) is 87.7 Å². The second kappa shape index (κ2) is 9.30. The minimum atomic E-state index is -0.125. The number of fused-ring (bicyclic) bond motifs is 2. The fourth-order valence-corrected chi connectivity index (χ4v) is 6.48. The fourth-order valence-electron chi connectivity index (χ4n) is 6.48. The molecule has 4 heterocycles. The number of anilines is 1. The van der Waals surface area contributed by atoms with E-state index in [1.807, 2.05) is 12.1 Å². The number of aromatic nitrogens is 1. The average Bonchev–Trinajstić information content (AvgIpc) is 3.60. The second-order valence-electron chi connectivity index (χ2n) is 10.6. The number of hydrogen-bond acceptors (Lipinski definition) is 3. The Morgan fingerprint density at radius 3 is 2.74 bits per heavy atom. The van der Waals surface area contributed by atoms with Gasteiger partial charge in [0.15, 0.2) is 0 Å². The molecule has 1 amide bonds. The molecule has 6 rings (SSSR count). The Labute approximate surface area is 206 Å². The fraction of sp³-hybridized carbons (Fsp3) is 0.483. The predicted molar refractivity (Wildman–Crippen MR) is 139 cm³/mol. The van der Waals surface area contributed by atoms with Gasteiger partial charge in [-0.25, -0.2) is 4.39 Å². The molecule has 0 spiro atoms. The number of rotatable bonds is 5. The van der Waals surface area contributed by atoms with Crippen LogP contribution in [-0.4, -0.2) is 65.5 Å². The molecule has 1 unspecified atom stereocenters. The van der Waals surface area contributed by atoms with Crippen LogP contribution in [0.2, 0.25) is 0 Å². The number of carbonyl (C=O) groups excluding carboxylic acids is 1. The molecule has 1 atom stereocenters. The third kappa shape index (κ3) is 4.44. The molecule has 2 fully saturated rings. The van der Waals surface area contributed by atoms with E-state index < -0.39 is 0 Å². The number of aromatic amines is 1. The Morgan fingerprint density at radius 2 is 1.89 bits per heavy atom. The highest BCUT2D eigenvalue weighted by Gasteiger charge is 2.32.